The van der Waals surface area contributed by atoms with Gasteiger partial charge in [0.1, 0.15) is 11.3 Å². The van der Waals surface area contributed by atoms with Crippen molar-refractivity contribution in [1.29, 1.82) is 0 Å². The number of carboxylic acids is 1. The third-order valence-electron chi connectivity index (χ3n) is 3.12. The number of anilines is 1. The van der Waals surface area contributed by atoms with Crippen LogP contribution in [0.5, 0.6) is 5.75 Å². The van der Waals surface area contributed by atoms with Gasteiger partial charge in [-0.3, -0.25) is 4.79 Å². The van der Waals surface area contributed by atoms with Crippen molar-refractivity contribution < 1.29 is 19.8 Å². The summed E-state index contributed by atoms with van der Waals surface area (Å²) in [7, 11) is 0. The van der Waals surface area contributed by atoms with Crippen LogP contribution in [0.4, 0.5) is 5.69 Å². The van der Waals surface area contributed by atoms with Crippen molar-refractivity contribution in [1.82, 2.24) is 0 Å². The van der Waals surface area contributed by atoms with Crippen molar-refractivity contribution in [3.63, 3.8) is 0 Å². The normalized spacial score (nSPS) is 10.1. The van der Waals surface area contributed by atoms with Crippen molar-refractivity contribution in [2.24, 2.45) is 0 Å². The minimum Gasteiger partial charge on any atom is -0.507 e. The van der Waals surface area contributed by atoms with Crippen LogP contribution in [0.25, 0.3) is 0 Å². The number of carboxylic acid groups (broad SMARTS) is 1. The highest BCUT2D eigenvalue weighted by Crippen LogP contribution is 2.22. The van der Waals surface area contributed by atoms with E-state index in [2.05, 4.69) is 5.32 Å². The van der Waals surface area contributed by atoms with Crippen molar-refractivity contribution in [3.05, 3.63) is 59.2 Å². The zero-order valence-electron chi connectivity index (χ0n) is 11.5. The SMILES string of the molecule is Cc1ccccc1CC(=O)Nc1ccc(C(=O)O)c(O)c1. The number of hydrogen-bond acceptors (Lipinski definition) is 3. The second kappa shape index (κ2) is 6.09. The Bertz CT molecular complexity index is 694. The number of rotatable bonds is 4. The van der Waals surface area contributed by atoms with E-state index in [0.29, 0.717) is 5.69 Å². The fourth-order valence-electron chi connectivity index (χ4n) is 1.98. The molecular formula is C16H15NO4. The lowest BCUT2D eigenvalue weighted by Gasteiger charge is -2.08. The van der Waals surface area contributed by atoms with Crippen LogP contribution >= 0.6 is 0 Å². The van der Waals surface area contributed by atoms with Gasteiger partial charge in [-0.2, -0.15) is 0 Å². The molecule has 0 fully saturated rings. The van der Waals surface area contributed by atoms with Gasteiger partial charge in [0, 0.05) is 11.8 Å². The molecule has 0 aromatic heterocycles. The molecule has 108 valence electrons. The van der Waals surface area contributed by atoms with Crippen LogP contribution in [-0.2, 0) is 11.2 Å². The van der Waals surface area contributed by atoms with Gasteiger partial charge < -0.3 is 15.5 Å². The van der Waals surface area contributed by atoms with Crippen molar-refractivity contribution in [2.45, 2.75) is 13.3 Å². The Morgan fingerprint density at radius 3 is 2.48 bits per heavy atom. The molecule has 1 amide bonds. The largest absolute Gasteiger partial charge is 0.507 e. The van der Waals surface area contributed by atoms with E-state index in [1.54, 1.807) is 0 Å². The van der Waals surface area contributed by atoms with Crippen LogP contribution in [0, 0.1) is 6.92 Å². The molecule has 2 aromatic carbocycles. The summed E-state index contributed by atoms with van der Waals surface area (Å²) in [4.78, 5) is 22.7. The molecule has 0 aliphatic rings. The first-order valence-electron chi connectivity index (χ1n) is 6.38. The van der Waals surface area contributed by atoms with E-state index in [1.807, 2.05) is 31.2 Å². The molecule has 3 N–H and O–H groups in total. The maximum absolute atomic E-state index is 12.0. The third-order valence-corrected chi connectivity index (χ3v) is 3.12. The molecule has 0 aliphatic carbocycles. The lowest BCUT2D eigenvalue weighted by atomic mass is 10.1. The second-order valence-electron chi connectivity index (χ2n) is 4.69. The molecule has 0 saturated heterocycles. The number of hydrogen-bond donors (Lipinski definition) is 3. The van der Waals surface area contributed by atoms with Crippen molar-refractivity contribution in [3.8, 4) is 5.75 Å². The predicted molar refractivity (Wildman–Crippen MR) is 78.6 cm³/mol. The van der Waals surface area contributed by atoms with Gasteiger partial charge in [-0.05, 0) is 30.2 Å². The topological polar surface area (TPSA) is 86.6 Å². The zero-order valence-corrected chi connectivity index (χ0v) is 11.5. The number of aromatic carboxylic acids is 1. The first-order chi connectivity index (χ1) is 9.97. The average molecular weight is 285 g/mol. The van der Waals surface area contributed by atoms with Crippen LogP contribution in [0.2, 0.25) is 0 Å². The van der Waals surface area contributed by atoms with Crippen LogP contribution in [0.3, 0.4) is 0 Å². The van der Waals surface area contributed by atoms with E-state index in [-0.39, 0.29) is 23.6 Å². The Balaban J connectivity index is 2.08. The first-order valence-corrected chi connectivity index (χ1v) is 6.38. The second-order valence-corrected chi connectivity index (χ2v) is 4.69. The monoisotopic (exact) mass is 285 g/mol. The van der Waals surface area contributed by atoms with Gasteiger partial charge in [0.05, 0.1) is 6.42 Å². The molecule has 0 spiro atoms. The fraction of sp³-hybridized carbons (Fsp3) is 0.125. The number of aromatic hydroxyl groups is 1. The number of carbonyl (C=O) groups excluding carboxylic acids is 1. The molecule has 0 heterocycles. The van der Waals surface area contributed by atoms with Crippen LogP contribution in [-0.4, -0.2) is 22.1 Å². The minimum atomic E-state index is -1.22. The van der Waals surface area contributed by atoms with E-state index in [9.17, 15) is 14.7 Å². The van der Waals surface area contributed by atoms with Gasteiger partial charge in [-0.25, -0.2) is 4.79 Å². The average Bonchev–Trinajstić information content (AvgIpc) is 2.41. The standard InChI is InChI=1S/C16H15NO4/c1-10-4-2-3-5-11(10)8-15(19)17-12-6-7-13(16(20)21)14(18)9-12/h2-7,9,18H,8H2,1H3,(H,17,19)(H,20,21). The Kier molecular flexibility index (Phi) is 4.23. The molecule has 0 bridgehead atoms. The third kappa shape index (κ3) is 3.60. The lowest BCUT2D eigenvalue weighted by molar-refractivity contribution is -0.115. The highest BCUT2D eigenvalue weighted by molar-refractivity contribution is 5.95. The van der Waals surface area contributed by atoms with E-state index >= 15 is 0 Å². The summed E-state index contributed by atoms with van der Waals surface area (Å²) in [5.41, 5.74) is 2.10. The van der Waals surface area contributed by atoms with Gasteiger partial charge in [0.25, 0.3) is 0 Å². The number of nitrogens with one attached hydrogen (secondary N) is 1. The number of carbonyl (C=O) groups is 2. The van der Waals surface area contributed by atoms with Crippen LogP contribution in [0.1, 0.15) is 21.5 Å². The van der Waals surface area contributed by atoms with Gasteiger partial charge >= 0.3 is 5.97 Å². The van der Waals surface area contributed by atoms with Gasteiger partial charge in [0.2, 0.25) is 5.91 Å². The zero-order chi connectivity index (χ0) is 15.4. The smallest absolute Gasteiger partial charge is 0.339 e. The number of aryl methyl sites for hydroxylation is 1. The number of amides is 1. The summed E-state index contributed by atoms with van der Waals surface area (Å²) in [5, 5.41) is 21.0. The van der Waals surface area contributed by atoms with Gasteiger partial charge in [0.15, 0.2) is 0 Å². The Labute approximate surface area is 121 Å². The molecular weight excluding hydrogens is 270 g/mol. The quantitative estimate of drug-likeness (QED) is 0.805. The molecule has 5 nitrogen and oxygen atoms in total. The van der Waals surface area contributed by atoms with Crippen LogP contribution in [0.15, 0.2) is 42.5 Å². The molecule has 21 heavy (non-hydrogen) atoms. The highest BCUT2D eigenvalue weighted by Gasteiger charge is 2.11. The van der Waals surface area contributed by atoms with E-state index in [4.69, 9.17) is 5.11 Å². The summed E-state index contributed by atoms with van der Waals surface area (Å²) in [6.45, 7) is 1.93. The van der Waals surface area contributed by atoms with Crippen LogP contribution < -0.4 is 5.32 Å². The summed E-state index contributed by atoms with van der Waals surface area (Å²) >= 11 is 0. The maximum Gasteiger partial charge on any atom is 0.339 e. The molecule has 2 aromatic rings. The van der Waals surface area contributed by atoms with Crippen molar-refractivity contribution in [2.75, 3.05) is 5.32 Å². The first kappa shape index (κ1) is 14.6. The van der Waals surface area contributed by atoms with Crippen molar-refractivity contribution >= 4 is 17.6 Å². The molecule has 5 heteroatoms. The maximum atomic E-state index is 12.0. The van der Waals surface area contributed by atoms with E-state index in [0.717, 1.165) is 11.1 Å². The summed E-state index contributed by atoms with van der Waals surface area (Å²) in [6, 6.07) is 11.5. The summed E-state index contributed by atoms with van der Waals surface area (Å²) in [5.74, 6) is -1.83. The number of benzene rings is 2. The molecule has 0 atom stereocenters. The van der Waals surface area contributed by atoms with Gasteiger partial charge in [-0.15, -0.1) is 0 Å². The molecule has 0 radical (unpaired) electrons. The van der Waals surface area contributed by atoms with E-state index < -0.39 is 5.97 Å². The fourth-order valence-corrected chi connectivity index (χ4v) is 1.98. The molecule has 2 rings (SSSR count). The summed E-state index contributed by atoms with van der Waals surface area (Å²) in [6.07, 6.45) is 0.216. The highest BCUT2D eigenvalue weighted by atomic mass is 16.4. The Morgan fingerprint density at radius 1 is 1.14 bits per heavy atom. The minimum absolute atomic E-state index is 0.202. The Hall–Kier alpha value is -2.82. The number of phenols is 1. The summed E-state index contributed by atoms with van der Waals surface area (Å²) < 4.78 is 0. The molecule has 0 saturated carbocycles. The lowest BCUT2D eigenvalue weighted by Crippen LogP contribution is -2.15. The van der Waals surface area contributed by atoms with Gasteiger partial charge in [-0.1, -0.05) is 24.3 Å². The molecule has 0 unspecified atom stereocenters. The Morgan fingerprint density at radius 2 is 1.86 bits per heavy atom. The predicted octanol–water partition coefficient (Wildman–Crippen LogP) is 2.58. The van der Waals surface area contributed by atoms with E-state index in [1.165, 1.54) is 18.2 Å². The molecule has 0 aliphatic heterocycles.